The number of benzene rings is 1. The van der Waals surface area contributed by atoms with Crippen LogP contribution in [0.5, 0.6) is 5.88 Å². The first-order valence-electron chi connectivity index (χ1n) is 6.83. The number of fused-ring (bicyclic) bond motifs is 1. The van der Waals surface area contributed by atoms with Crippen molar-refractivity contribution in [3.63, 3.8) is 0 Å². The van der Waals surface area contributed by atoms with Crippen molar-refractivity contribution in [2.45, 2.75) is 6.42 Å². The second kappa shape index (κ2) is 6.67. The fraction of sp³-hybridized carbons (Fsp3) is 0.133. The molecule has 0 fully saturated rings. The number of H-pyrrole nitrogens is 1. The smallest absolute Gasteiger partial charge is 0.273 e. The first-order valence-corrected chi connectivity index (χ1v) is 7.71. The van der Waals surface area contributed by atoms with Gasteiger partial charge >= 0.3 is 0 Å². The molecular weight excluding hydrogens is 314 g/mol. The average Bonchev–Trinajstić information content (AvgIpc) is 2.56. The SMILES string of the molecule is COc1cc2cn[nH]c(=O)c2c(Cc2ccc(NSN)cc2)n1. The summed E-state index contributed by atoms with van der Waals surface area (Å²) in [5.74, 6) is 0.456. The molecule has 0 radical (unpaired) electrons. The van der Waals surface area contributed by atoms with Gasteiger partial charge in [-0.05, 0) is 17.7 Å². The lowest BCUT2D eigenvalue weighted by molar-refractivity contribution is 0.397. The van der Waals surface area contributed by atoms with E-state index in [2.05, 4.69) is 19.9 Å². The standard InChI is InChI=1S/C15H15N5O2S/c1-22-13-7-10-8-17-19-15(21)14(10)12(18-13)6-9-2-4-11(5-3-9)20-23-16/h2-5,7-8,20H,6,16H2,1H3,(H,19,21). The predicted molar refractivity (Wildman–Crippen MR) is 91.4 cm³/mol. The third-order valence-electron chi connectivity index (χ3n) is 3.41. The highest BCUT2D eigenvalue weighted by Gasteiger charge is 2.11. The van der Waals surface area contributed by atoms with Gasteiger partial charge in [-0.2, -0.15) is 5.10 Å². The molecule has 3 rings (SSSR count). The van der Waals surface area contributed by atoms with Crippen molar-refractivity contribution < 1.29 is 4.74 Å². The molecule has 0 aliphatic rings. The van der Waals surface area contributed by atoms with Crippen LogP contribution in [-0.4, -0.2) is 22.3 Å². The molecule has 7 nitrogen and oxygen atoms in total. The van der Waals surface area contributed by atoms with Crippen LogP contribution >= 0.6 is 12.1 Å². The van der Waals surface area contributed by atoms with Crippen molar-refractivity contribution >= 4 is 28.6 Å². The zero-order chi connectivity index (χ0) is 16.2. The Morgan fingerprint density at radius 2 is 2.13 bits per heavy atom. The number of rotatable bonds is 5. The fourth-order valence-electron chi connectivity index (χ4n) is 2.36. The monoisotopic (exact) mass is 329 g/mol. The van der Waals surface area contributed by atoms with E-state index in [0.717, 1.165) is 23.4 Å². The summed E-state index contributed by atoms with van der Waals surface area (Å²) in [5.41, 5.74) is 2.32. The van der Waals surface area contributed by atoms with Crippen LogP contribution in [0.3, 0.4) is 0 Å². The Bertz CT molecular complexity index is 879. The fourth-order valence-corrected chi connectivity index (χ4v) is 2.63. The number of methoxy groups -OCH3 is 1. The van der Waals surface area contributed by atoms with Gasteiger partial charge in [0.1, 0.15) is 0 Å². The van der Waals surface area contributed by atoms with Gasteiger partial charge < -0.3 is 9.46 Å². The molecule has 23 heavy (non-hydrogen) atoms. The van der Waals surface area contributed by atoms with E-state index in [4.69, 9.17) is 9.88 Å². The normalized spacial score (nSPS) is 10.7. The average molecular weight is 329 g/mol. The van der Waals surface area contributed by atoms with Crippen LogP contribution in [0.2, 0.25) is 0 Å². The lowest BCUT2D eigenvalue weighted by atomic mass is 10.1. The highest BCUT2D eigenvalue weighted by molar-refractivity contribution is 7.98. The Balaban J connectivity index is 2.03. The largest absolute Gasteiger partial charge is 0.481 e. The quantitative estimate of drug-likeness (QED) is 0.613. The predicted octanol–water partition coefficient (Wildman–Crippen LogP) is 1.85. The number of pyridine rings is 1. The minimum atomic E-state index is -0.259. The van der Waals surface area contributed by atoms with Gasteiger partial charge in [0.25, 0.3) is 5.56 Å². The van der Waals surface area contributed by atoms with E-state index in [-0.39, 0.29) is 5.56 Å². The Labute approximate surface area is 136 Å². The first-order chi connectivity index (χ1) is 11.2. The van der Waals surface area contributed by atoms with Gasteiger partial charge in [0.05, 0.1) is 24.4 Å². The number of hydrogen-bond donors (Lipinski definition) is 3. The first kappa shape index (κ1) is 15.3. The Kier molecular flexibility index (Phi) is 4.45. The van der Waals surface area contributed by atoms with Gasteiger partial charge in [-0.15, -0.1) is 0 Å². The number of hydrogen-bond acceptors (Lipinski definition) is 7. The molecule has 2 heterocycles. The topological polar surface area (TPSA) is 106 Å². The summed E-state index contributed by atoms with van der Waals surface area (Å²) in [7, 11) is 1.55. The summed E-state index contributed by atoms with van der Waals surface area (Å²) in [5, 5.41) is 12.9. The van der Waals surface area contributed by atoms with Crippen LogP contribution in [0.1, 0.15) is 11.3 Å². The Morgan fingerprint density at radius 1 is 1.35 bits per heavy atom. The molecule has 4 N–H and O–H groups in total. The molecule has 1 aromatic carbocycles. The molecule has 2 aromatic heterocycles. The molecule has 118 valence electrons. The molecule has 0 saturated carbocycles. The second-order valence-corrected chi connectivity index (χ2v) is 5.31. The van der Waals surface area contributed by atoms with E-state index < -0.39 is 0 Å². The Hall–Kier alpha value is -2.58. The van der Waals surface area contributed by atoms with Gasteiger partial charge in [0.15, 0.2) is 0 Å². The second-order valence-electron chi connectivity index (χ2n) is 4.87. The number of nitrogens with zero attached hydrogens (tertiary/aromatic N) is 2. The summed E-state index contributed by atoms with van der Waals surface area (Å²) in [6.45, 7) is 0. The van der Waals surface area contributed by atoms with Crippen LogP contribution in [0.15, 0.2) is 41.3 Å². The highest BCUT2D eigenvalue weighted by atomic mass is 32.2. The lowest BCUT2D eigenvalue weighted by Gasteiger charge is -2.08. The molecule has 0 amide bonds. The molecule has 0 bridgehead atoms. The molecule has 0 unspecified atom stereocenters. The van der Waals surface area contributed by atoms with Crippen molar-refractivity contribution in [3.05, 3.63) is 58.1 Å². The molecule has 0 atom stereocenters. The van der Waals surface area contributed by atoms with Gasteiger partial charge in [0, 0.05) is 35.7 Å². The van der Waals surface area contributed by atoms with Crippen molar-refractivity contribution in [2.24, 2.45) is 5.14 Å². The summed E-state index contributed by atoms with van der Waals surface area (Å²) in [6, 6.07) is 9.46. The van der Waals surface area contributed by atoms with E-state index in [1.807, 2.05) is 24.3 Å². The molecule has 3 aromatic rings. The van der Waals surface area contributed by atoms with Crippen LogP contribution < -0.4 is 20.2 Å². The molecular formula is C15H15N5O2S. The van der Waals surface area contributed by atoms with E-state index >= 15 is 0 Å². The van der Waals surface area contributed by atoms with Gasteiger partial charge in [-0.3, -0.25) is 9.93 Å². The van der Waals surface area contributed by atoms with Crippen molar-refractivity contribution in [2.75, 3.05) is 11.8 Å². The summed E-state index contributed by atoms with van der Waals surface area (Å²) < 4.78 is 8.16. The number of aromatic amines is 1. The van der Waals surface area contributed by atoms with Crippen LogP contribution in [-0.2, 0) is 6.42 Å². The maximum atomic E-state index is 12.1. The number of anilines is 1. The van der Waals surface area contributed by atoms with Crippen LogP contribution in [0, 0.1) is 0 Å². The molecule has 0 saturated heterocycles. The van der Waals surface area contributed by atoms with E-state index in [1.54, 1.807) is 19.4 Å². The minimum absolute atomic E-state index is 0.259. The third-order valence-corrected chi connectivity index (χ3v) is 3.76. The molecule has 0 spiro atoms. The number of nitrogens with two attached hydrogens (primary N) is 1. The Morgan fingerprint density at radius 3 is 2.83 bits per heavy atom. The van der Waals surface area contributed by atoms with Crippen LogP contribution in [0.25, 0.3) is 10.8 Å². The van der Waals surface area contributed by atoms with E-state index in [1.165, 1.54) is 0 Å². The highest BCUT2D eigenvalue weighted by Crippen LogP contribution is 2.21. The van der Waals surface area contributed by atoms with Crippen molar-refractivity contribution in [3.8, 4) is 5.88 Å². The zero-order valence-corrected chi connectivity index (χ0v) is 13.2. The number of ether oxygens (including phenoxy) is 1. The minimum Gasteiger partial charge on any atom is -0.481 e. The molecule has 0 aliphatic heterocycles. The summed E-state index contributed by atoms with van der Waals surface area (Å²) in [4.78, 5) is 16.5. The maximum Gasteiger partial charge on any atom is 0.273 e. The maximum absolute atomic E-state index is 12.1. The van der Waals surface area contributed by atoms with Crippen molar-refractivity contribution in [1.82, 2.24) is 15.2 Å². The van der Waals surface area contributed by atoms with Gasteiger partial charge in [0.2, 0.25) is 5.88 Å². The lowest BCUT2D eigenvalue weighted by Crippen LogP contribution is -2.12. The molecule has 0 aliphatic carbocycles. The zero-order valence-electron chi connectivity index (χ0n) is 12.4. The summed E-state index contributed by atoms with van der Waals surface area (Å²) >= 11 is 1.04. The van der Waals surface area contributed by atoms with E-state index in [0.29, 0.717) is 28.8 Å². The summed E-state index contributed by atoms with van der Waals surface area (Å²) in [6.07, 6.45) is 2.10. The van der Waals surface area contributed by atoms with Gasteiger partial charge in [-0.25, -0.2) is 10.1 Å². The number of nitrogens with one attached hydrogen (secondary N) is 2. The van der Waals surface area contributed by atoms with Gasteiger partial charge in [-0.1, -0.05) is 12.1 Å². The van der Waals surface area contributed by atoms with Crippen LogP contribution in [0.4, 0.5) is 5.69 Å². The third kappa shape index (κ3) is 3.27. The van der Waals surface area contributed by atoms with E-state index in [9.17, 15) is 4.79 Å². The molecule has 8 heteroatoms. The van der Waals surface area contributed by atoms with Crippen molar-refractivity contribution in [1.29, 1.82) is 0 Å². The number of aromatic nitrogens is 3.